The van der Waals surface area contributed by atoms with Gasteiger partial charge in [-0.15, -0.1) is 0 Å². The molecule has 1 saturated heterocycles. The summed E-state index contributed by atoms with van der Waals surface area (Å²) in [5.74, 6) is 1.67. The molecule has 3 heteroatoms. The summed E-state index contributed by atoms with van der Waals surface area (Å²) in [4.78, 5) is 6.60. The Bertz CT molecular complexity index is 560. The standard InChI is InChI=1S/C19H24N2O/c1-16-2-4-19(5-3-16)22-15-18-8-12-21(13-9-18)14-17-6-10-20-11-7-17/h2-7,10-11,18H,8-9,12-15H2,1H3. The molecule has 1 aromatic carbocycles. The minimum Gasteiger partial charge on any atom is -0.493 e. The van der Waals surface area contributed by atoms with Crippen LogP contribution in [0.5, 0.6) is 5.75 Å². The fraction of sp³-hybridized carbons (Fsp3) is 0.421. The number of aromatic nitrogens is 1. The Kier molecular flexibility index (Phi) is 5.07. The van der Waals surface area contributed by atoms with Gasteiger partial charge in [-0.2, -0.15) is 0 Å². The lowest BCUT2D eigenvalue weighted by atomic mass is 9.97. The zero-order valence-corrected chi connectivity index (χ0v) is 13.2. The monoisotopic (exact) mass is 296 g/mol. The minimum atomic E-state index is 0.676. The molecular formula is C19H24N2O. The minimum absolute atomic E-state index is 0.676. The van der Waals surface area contributed by atoms with Crippen LogP contribution in [0.1, 0.15) is 24.0 Å². The summed E-state index contributed by atoms with van der Waals surface area (Å²) in [7, 11) is 0. The average Bonchev–Trinajstić information content (AvgIpc) is 2.57. The van der Waals surface area contributed by atoms with Gasteiger partial charge < -0.3 is 4.74 Å². The van der Waals surface area contributed by atoms with Crippen LogP contribution >= 0.6 is 0 Å². The fourth-order valence-corrected chi connectivity index (χ4v) is 2.91. The van der Waals surface area contributed by atoms with Crippen LogP contribution in [0, 0.1) is 12.8 Å². The molecular weight excluding hydrogens is 272 g/mol. The van der Waals surface area contributed by atoms with Crippen molar-refractivity contribution >= 4 is 0 Å². The lowest BCUT2D eigenvalue weighted by molar-refractivity contribution is 0.136. The van der Waals surface area contributed by atoms with Crippen molar-refractivity contribution in [1.29, 1.82) is 0 Å². The number of pyridine rings is 1. The lowest BCUT2D eigenvalue weighted by Crippen LogP contribution is -2.35. The van der Waals surface area contributed by atoms with Gasteiger partial charge in [-0.25, -0.2) is 0 Å². The molecule has 2 heterocycles. The molecule has 2 aromatic rings. The molecule has 0 radical (unpaired) electrons. The summed E-state index contributed by atoms with van der Waals surface area (Å²) in [6, 6.07) is 12.5. The Morgan fingerprint density at radius 3 is 2.41 bits per heavy atom. The zero-order valence-electron chi connectivity index (χ0n) is 13.2. The fourth-order valence-electron chi connectivity index (χ4n) is 2.91. The number of ether oxygens (including phenoxy) is 1. The van der Waals surface area contributed by atoms with Crippen molar-refractivity contribution in [3.63, 3.8) is 0 Å². The molecule has 0 amide bonds. The highest BCUT2D eigenvalue weighted by Gasteiger charge is 2.19. The summed E-state index contributed by atoms with van der Waals surface area (Å²) in [6.07, 6.45) is 6.18. The number of nitrogens with zero attached hydrogens (tertiary/aromatic N) is 2. The van der Waals surface area contributed by atoms with Crippen LogP contribution in [0.25, 0.3) is 0 Å². The normalized spacial score (nSPS) is 16.6. The number of rotatable bonds is 5. The van der Waals surface area contributed by atoms with Crippen LogP contribution < -0.4 is 4.74 Å². The first-order chi connectivity index (χ1) is 10.8. The second-order valence-electron chi connectivity index (χ2n) is 6.20. The van der Waals surface area contributed by atoms with E-state index in [4.69, 9.17) is 4.74 Å². The summed E-state index contributed by atoms with van der Waals surface area (Å²) in [5, 5.41) is 0. The van der Waals surface area contributed by atoms with Crippen LogP contribution in [0.4, 0.5) is 0 Å². The quantitative estimate of drug-likeness (QED) is 0.841. The number of hydrogen-bond donors (Lipinski definition) is 0. The van der Waals surface area contributed by atoms with Crippen LogP contribution in [0.2, 0.25) is 0 Å². The van der Waals surface area contributed by atoms with E-state index >= 15 is 0 Å². The van der Waals surface area contributed by atoms with Crippen molar-refractivity contribution in [2.75, 3.05) is 19.7 Å². The van der Waals surface area contributed by atoms with Crippen molar-refractivity contribution in [2.24, 2.45) is 5.92 Å². The van der Waals surface area contributed by atoms with Gasteiger partial charge in [-0.3, -0.25) is 9.88 Å². The summed E-state index contributed by atoms with van der Waals surface area (Å²) < 4.78 is 5.93. The molecule has 1 aliphatic rings. The molecule has 0 bridgehead atoms. The maximum Gasteiger partial charge on any atom is 0.119 e. The zero-order chi connectivity index (χ0) is 15.2. The van der Waals surface area contributed by atoms with Gasteiger partial charge in [0, 0.05) is 18.9 Å². The molecule has 0 atom stereocenters. The molecule has 0 N–H and O–H groups in total. The molecule has 1 aromatic heterocycles. The number of likely N-dealkylation sites (tertiary alicyclic amines) is 1. The van der Waals surface area contributed by atoms with Gasteiger partial charge in [0.1, 0.15) is 5.75 Å². The van der Waals surface area contributed by atoms with E-state index in [9.17, 15) is 0 Å². The Hall–Kier alpha value is -1.87. The van der Waals surface area contributed by atoms with E-state index < -0.39 is 0 Å². The van der Waals surface area contributed by atoms with E-state index in [1.54, 1.807) is 0 Å². The van der Waals surface area contributed by atoms with Gasteiger partial charge in [-0.1, -0.05) is 17.7 Å². The molecule has 116 valence electrons. The van der Waals surface area contributed by atoms with Crippen LogP contribution in [0.15, 0.2) is 48.8 Å². The molecule has 1 fully saturated rings. The number of benzene rings is 1. The Labute approximate surface area is 132 Å². The van der Waals surface area contributed by atoms with Crippen LogP contribution in [-0.4, -0.2) is 29.6 Å². The molecule has 3 nitrogen and oxygen atoms in total. The van der Waals surface area contributed by atoms with Gasteiger partial charge in [0.05, 0.1) is 6.61 Å². The third kappa shape index (κ3) is 4.31. The first-order valence-electron chi connectivity index (χ1n) is 8.10. The van der Waals surface area contributed by atoms with E-state index in [1.165, 1.54) is 24.0 Å². The third-order valence-electron chi connectivity index (χ3n) is 4.37. The molecule has 0 saturated carbocycles. The van der Waals surface area contributed by atoms with Crippen LogP contribution in [0.3, 0.4) is 0 Å². The van der Waals surface area contributed by atoms with Crippen molar-refractivity contribution < 1.29 is 4.74 Å². The largest absolute Gasteiger partial charge is 0.493 e. The van der Waals surface area contributed by atoms with Crippen molar-refractivity contribution in [1.82, 2.24) is 9.88 Å². The second-order valence-corrected chi connectivity index (χ2v) is 6.20. The van der Waals surface area contributed by atoms with Gasteiger partial charge in [-0.05, 0) is 68.6 Å². The van der Waals surface area contributed by atoms with E-state index in [0.29, 0.717) is 5.92 Å². The summed E-state index contributed by atoms with van der Waals surface area (Å²) in [6.45, 7) is 6.29. The van der Waals surface area contributed by atoms with Crippen LogP contribution in [-0.2, 0) is 6.54 Å². The topological polar surface area (TPSA) is 25.4 Å². The Balaban J connectivity index is 1.41. The SMILES string of the molecule is Cc1ccc(OCC2CCN(Cc3ccncc3)CC2)cc1. The Morgan fingerprint density at radius 1 is 1.05 bits per heavy atom. The maximum atomic E-state index is 5.93. The first kappa shape index (κ1) is 15.0. The summed E-state index contributed by atoms with van der Waals surface area (Å²) in [5.41, 5.74) is 2.63. The molecule has 0 aliphatic carbocycles. The molecule has 3 rings (SSSR count). The highest BCUT2D eigenvalue weighted by molar-refractivity contribution is 5.26. The van der Waals surface area contributed by atoms with E-state index in [1.807, 2.05) is 12.4 Å². The molecule has 0 unspecified atom stereocenters. The van der Waals surface area contributed by atoms with Gasteiger partial charge in [0.2, 0.25) is 0 Å². The van der Waals surface area contributed by atoms with Crippen molar-refractivity contribution in [2.45, 2.75) is 26.3 Å². The predicted molar refractivity (Wildman–Crippen MR) is 88.9 cm³/mol. The maximum absolute atomic E-state index is 5.93. The smallest absolute Gasteiger partial charge is 0.119 e. The van der Waals surface area contributed by atoms with E-state index in [2.05, 4.69) is 53.2 Å². The van der Waals surface area contributed by atoms with Gasteiger partial charge in [0.25, 0.3) is 0 Å². The highest BCUT2D eigenvalue weighted by atomic mass is 16.5. The van der Waals surface area contributed by atoms with Crippen molar-refractivity contribution in [3.8, 4) is 5.75 Å². The number of piperidine rings is 1. The Morgan fingerprint density at radius 2 is 1.73 bits per heavy atom. The van der Waals surface area contributed by atoms with Gasteiger partial charge >= 0.3 is 0 Å². The third-order valence-corrected chi connectivity index (χ3v) is 4.37. The summed E-state index contributed by atoms with van der Waals surface area (Å²) >= 11 is 0. The molecule has 1 aliphatic heterocycles. The first-order valence-corrected chi connectivity index (χ1v) is 8.10. The van der Waals surface area contributed by atoms with E-state index in [-0.39, 0.29) is 0 Å². The predicted octanol–water partition coefficient (Wildman–Crippen LogP) is 3.68. The number of hydrogen-bond acceptors (Lipinski definition) is 3. The lowest BCUT2D eigenvalue weighted by Gasteiger charge is -2.31. The average molecular weight is 296 g/mol. The van der Waals surface area contributed by atoms with E-state index in [0.717, 1.165) is 32.0 Å². The van der Waals surface area contributed by atoms with Crippen molar-refractivity contribution in [3.05, 3.63) is 59.9 Å². The second kappa shape index (κ2) is 7.41. The highest BCUT2D eigenvalue weighted by Crippen LogP contribution is 2.21. The molecule has 22 heavy (non-hydrogen) atoms. The molecule has 0 spiro atoms. The van der Waals surface area contributed by atoms with Gasteiger partial charge in [0.15, 0.2) is 0 Å². The number of aryl methyl sites for hydroxylation is 1.